The SMILES string of the molecule is CC(O)(c1cccc(C#N)c1)C1CC2CCC1C2. The normalized spacial score (nSPS) is 33.1. The summed E-state index contributed by atoms with van der Waals surface area (Å²) < 4.78 is 0. The highest BCUT2D eigenvalue weighted by Crippen LogP contribution is 2.54. The number of benzene rings is 1. The molecule has 0 amide bonds. The predicted octanol–water partition coefficient (Wildman–Crippen LogP) is 3.20. The summed E-state index contributed by atoms with van der Waals surface area (Å²) in [5.41, 5.74) is 0.752. The van der Waals surface area contributed by atoms with Gasteiger partial charge < -0.3 is 5.11 Å². The molecule has 2 nitrogen and oxygen atoms in total. The molecule has 1 aromatic carbocycles. The fourth-order valence-corrected chi connectivity index (χ4v) is 4.05. The Bertz CT molecular complexity index is 500. The number of rotatable bonds is 2. The first kappa shape index (κ1) is 11.7. The van der Waals surface area contributed by atoms with E-state index >= 15 is 0 Å². The fraction of sp³-hybridized carbons (Fsp3) is 0.562. The monoisotopic (exact) mass is 241 g/mol. The van der Waals surface area contributed by atoms with Gasteiger partial charge in [0.25, 0.3) is 0 Å². The highest BCUT2D eigenvalue weighted by molar-refractivity contribution is 5.36. The molecule has 0 spiro atoms. The summed E-state index contributed by atoms with van der Waals surface area (Å²) in [4.78, 5) is 0. The molecule has 1 N–H and O–H groups in total. The van der Waals surface area contributed by atoms with Crippen LogP contribution >= 0.6 is 0 Å². The maximum absolute atomic E-state index is 10.9. The van der Waals surface area contributed by atoms with E-state index in [4.69, 9.17) is 5.26 Å². The summed E-state index contributed by atoms with van der Waals surface area (Å²) in [7, 11) is 0. The maximum Gasteiger partial charge on any atom is 0.0991 e. The third-order valence-electron chi connectivity index (χ3n) is 5.04. The van der Waals surface area contributed by atoms with Crippen LogP contribution in [0.5, 0.6) is 0 Å². The van der Waals surface area contributed by atoms with Crippen molar-refractivity contribution < 1.29 is 5.11 Å². The molecule has 4 atom stereocenters. The smallest absolute Gasteiger partial charge is 0.0991 e. The number of aliphatic hydroxyl groups is 1. The van der Waals surface area contributed by atoms with Crippen LogP contribution in [0, 0.1) is 29.1 Å². The van der Waals surface area contributed by atoms with Crippen LogP contribution in [0.15, 0.2) is 24.3 Å². The molecule has 18 heavy (non-hydrogen) atoms. The molecule has 2 aliphatic carbocycles. The Morgan fingerprint density at radius 1 is 1.33 bits per heavy atom. The van der Waals surface area contributed by atoms with Crippen molar-refractivity contribution in [2.45, 2.75) is 38.2 Å². The zero-order valence-corrected chi connectivity index (χ0v) is 10.8. The van der Waals surface area contributed by atoms with Gasteiger partial charge in [-0.2, -0.15) is 5.26 Å². The zero-order valence-electron chi connectivity index (χ0n) is 10.8. The van der Waals surface area contributed by atoms with E-state index in [1.807, 2.05) is 25.1 Å². The molecule has 0 aliphatic heterocycles. The number of fused-ring (bicyclic) bond motifs is 2. The molecule has 2 aliphatic rings. The van der Waals surface area contributed by atoms with Crippen molar-refractivity contribution in [3.63, 3.8) is 0 Å². The Morgan fingerprint density at radius 2 is 2.17 bits per heavy atom. The van der Waals surface area contributed by atoms with Gasteiger partial charge in [-0.15, -0.1) is 0 Å². The van der Waals surface area contributed by atoms with Gasteiger partial charge in [-0.25, -0.2) is 0 Å². The molecule has 0 radical (unpaired) electrons. The van der Waals surface area contributed by atoms with Gasteiger partial charge in [0, 0.05) is 0 Å². The van der Waals surface area contributed by atoms with Crippen molar-refractivity contribution >= 4 is 0 Å². The first-order valence-corrected chi connectivity index (χ1v) is 6.84. The quantitative estimate of drug-likeness (QED) is 0.864. The molecule has 0 heterocycles. The second-order valence-corrected chi connectivity index (χ2v) is 6.12. The van der Waals surface area contributed by atoms with Crippen LogP contribution in [0.1, 0.15) is 43.7 Å². The molecule has 2 heteroatoms. The Kier molecular flexibility index (Phi) is 2.68. The standard InChI is InChI=1S/C16H19NO/c1-16(18,14-4-2-3-12(8-14)10-17)15-9-11-5-6-13(15)7-11/h2-4,8,11,13,15,18H,5-7,9H2,1H3. The summed E-state index contributed by atoms with van der Waals surface area (Å²) in [5, 5.41) is 19.9. The molecule has 1 aromatic rings. The number of nitriles is 1. The number of hydrogen-bond donors (Lipinski definition) is 1. The van der Waals surface area contributed by atoms with Crippen molar-refractivity contribution in [1.82, 2.24) is 0 Å². The molecule has 2 fully saturated rings. The number of nitrogens with zero attached hydrogens (tertiary/aromatic N) is 1. The minimum Gasteiger partial charge on any atom is -0.385 e. The summed E-state index contributed by atoms with van der Waals surface area (Å²) in [6.07, 6.45) is 5.05. The lowest BCUT2D eigenvalue weighted by molar-refractivity contribution is -0.0297. The average Bonchev–Trinajstić information content (AvgIpc) is 3.01. The minimum atomic E-state index is -0.785. The molecule has 3 rings (SSSR count). The predicted molar refractivity (Wildman–Crippen MR) is 69.7 cm³/mol. The Morgan fingerprint density at radius 3 is 2.78 bits per heavy atom. The maximum atomic E-state index is 10.9. The van der Waals surface area contributed by atoms with Crippen LogP contribution < -0.4 is 0 Å². The first-order chi connectivity index (χ1) is 8.61. The van der Waals surface area contributed by atoms with Crippen LogP contribution in [0.2, 0.25) is 0 Å². The van der Waals surface area contributed by atoms with Crippen molar-refractivity contribution in [2.24, 2.45) is 17.8 Å². The van der Waals surface area contributed by atoms with E-state index in [1.54, 1.807) is 6.07 Å². The van der Waals surface area contributed by atoms with Crippen molar-refractivity contribution in [3.8, 4) is 6.07 Å². The van der Waals surface area contributed by atoms with E-state index in [1.165, 1.54) is 19.3 Å². The van der Waals surface area contributed by atoms with Gasteiger partial charge in [0.15, 0.2) is 0 Å². The fourth-order valence-electron chi connectivity index (χ4n) is 4.05. The molecule has 94 valence electrons. The third kappa shape index (κ3) is 1.74. The zero-order chi connectivity index (χ0) is 12.8. The molecule has 4 unspecified atom stereocenters. The molecular formula is C16H19NO. The lowest BCUT2D eigenvalue weighted by Crippen LogP contribution is -2.35. The second-order valence-electron chi connectivity index (χ2n) is 6.12. The van der Waals surface area contributed by atoms with E-state index in [0.717, 1.165) is 17.9 Å². The Hall–Kier alpha value is -1.33. The first-order valence-electron chi connectivity index (χ1n) is 6.84. The highest BCUT2D eigenvalue weighted by atomic mass is 16.3. The van der Waals surface area contributed by atoms with Crippen molar-refractivity contribution in [2.75, 3.05) is 0 Å². The lowest BCUT2D eigenvalue weighted by atomic mass is 9.73. The summed E-state index contributed by atoms with van der Waals surface area (Å²) >= 11 is 0. The average molecular weight is 241 g/mol. The van der Waals surface area contributed by atoms with Crippen LogP contribution in [-0.2, 0) is 5.60 Å². The molecule has 0 aromatic heterocycles. The molecular weight excluding hydrogens is 222 g/mol. The lowest BCUT2D eigenvalue weighted by Gasteiger charge is -2.36. The third-order valence-corrected chi connectivity index (χ3v) is 5.04. The van der Waals surface area contributed by atoms with E-state index in [9.17, 15) is 5.11 Å². The van der Waals surface area contributed by atoms with Gasteiger partial charge in [-0.05, 0) is 61.6 Å². The van der Waals surface area contributed by atoms with E-state index in [-0.39, 0.29) is 0 Å². The Balaban J connectivity index is 1.92. The van der Waals surface area contributed by atoms with Gasteiger partial charge in [-0.3, -0.25) is 0 Å². The summed E-state index contributed by atoms with van der Waals surface area (Å²) in [6.45, 7) is 1.93. The van der Waals surface area contributed by atoms with Crippen LogP contribution in [0.3, 0.4) is 0 Å². The summed E-state index contributed by atoms with van der Waals surface area (Å²) in [5.74, 6) is 1.87. The minimum absolute atomic E-state index is 0.366. The van der Waals surface area contributed by atoms with Gasteiger partial charge in [0.1, 0.15) is 0 Å². The van der Waals surface area contributed by atoms with Crippen LogP contribution in [-0.4, -0.2) is 5.11 Å². The van der Waals surface area contributed by atoms with E-state index in [0.29, 0.717) is 17.4 Å². The van der Waals surface area contributed by atoms with E-state index < -0.39 is 5.60 Å². The summed E-state index contributed by atoms with van der Waals surface area (Å²) in [6, 6.07) is 9.61. The van der Waals surface area contributed by atoms with Gasteiger partial charge in [0.05, 0.1) is 17.2 Å². The van der Waals surface area contributed by atoms with E-state index in [2.05, 4.69) is 6.07 Å². The molecule has 2 saturated carbocycles. The van der Waals surface area contributed by atoms with Gasteiger partial charge >= 0.3 is 0 Å². The Labute approximate surface area is 108 Å². The van der Waals surface area contributed by atoms with Gasteiger partial charge in [-0.1, -0.05) is 18.6 Å². The highest BCUT2D eigenvalue weighted by Gasteiger charge is 2.48. The van der Waals surface area contributed by atoms with Crippen LogP contribution in [0.25, 0.3) is 0 Å². The van der Waals surface area contributed by atoms with Crippen LogP contribution in [0.4, 0.5) is 0 Å². The van der Waals surface area contributed by atoms with Gasteiger partial charge in [0.2, 0.25) is 0 Å². The topological polar surface area (TPSA) is 44.0 Å². The van der Waals surface area contributed by atoms with Crippen molar-refractivity contribution in [3.05, 3.63) is 35.4 Å². The second kappa shape index (κ2) is 4.10. The van der Waals surface area contributed by atoms with Crippen molar-refractivity contribution in [1.29, 1.82) is 5.26 Å². The number of hydrogen-bond acceptors (Lipinski definition) is 2. The molecule has 0 saturated heterocycles. The molecule has 2 bridgehead atoms. The largest absolute Gasteiger partial charge is 0.385 e.